The van der Waals surface area contributed by atoms with E-state index in [9.17, 15) is 13.2 Å². The number of carbonyl (C=O) groups excluding carboxylic acids is 1. The Morgan fingerprint density at radius 3 is 2.58 bits per heavy atom. The van der Waals surface area contributed by atoms with Crippen LogP contribution in [0.4, 0.5) is 5.69 Å². The van der Waals surface area contributed by atoms with Crippen molar-refractivity contribution in [2.75, 3.05) is 17.0 Å². The number of sulfonamides is 1. The van der Waals surface area contributed by atoms with Crippen LogP contribution in [0.1, 0.15) is 21.5 Å². The van der Waals surface area contributed by atoms with Crippen molar-refractivity contribution in [3.8, 4) is 0 Å². The fourth-order valence-electron chi connectivity index (χ4n) is 2.48. The van der Waals surface area contributed by atoms with E-state index in [1.807, 2.05) is 19.1 Å². The summed E-state index contributed by atoms with van der Waals surface area (Å²) in [6.45, 7) is 4.27. The van der Waals surface area contributed by atoms with Crippen molar-refractivity contribution in [1.29, 1.82) is 0 Å². The van der Waals surface area contributed by atoms with Crippen molar-refractivity contribution >= 4 is 38.5 Å². The summed E-state index contributed by atoms with van der Waals surface area (Å²) in [7, 11) is -3.80. The molecule has 0 aliphatic carbocycles. The summed E-state index contributed by atoms with van der Waals surface area (Å²) < 4.78 is 28.0. The van der Waals surface area contributed by atoms with Gasteiger partial charge in [0, 0.05) is 11.3 Å². The normalized spacial score (nSPS) is 14.0. The molecule has 0 aromatic heterocycles. The Morgan fingerprint density at radius 2 is 1.88 bits per heavy atom. The molecule has 6 nitrogen and oxygen atoms in total. The average Bonchev–Trinajstić information content (AvgIpc) is 3.10. The van der Waals surface area contributed by atoms with E-state index in [4.69, 9.17) is 0 Å². The number of nitrogens with zero attached hydrogens (tertiary/aromatic N) is 1. The van der Waals surface area contributed by atoms with E-state index in [1.165, 1.54) is 23.9 Å². The highest BCUT2D eigenvalue weighted by Crippen LogP contribution is 2.22. The number of nitrogens with one attached hydrogen (secondary N) is 2. The molecule has 2 N–H and O–H groups in total. The molecule has 0 fully saturated rings. The molecule has 0 radical (unpaired) electrons. The summed E-state index contributed by atoms with van der Waals surface area (Å²) in [5, 5.41) is 3.30. The van der Waals surface area contributed by atoms with Gasteiger partial charge in [-0.05, 0) is 43.2 Å². The number of carbonyl (C=O) groups is 1. The lowest BCUT2D eigenvalue weighted by Gasteiger charge is -2.13. The lowest BCUT2D eigenvalue weighted by Crippen LogP contribution is -2.28. The zero-order valence-corrected chi connectivity index (χ0v) is 16.1. The quantitative estimate of drug-likeness (QED) is 0.842. The molecular formula is C18H19N3O3S2. The smallest absolute Gasteiger partial charge is 0.261 e. The third-order valence-electron chi connectivity index (χ3n) is 3.96. The molecule has 2 aromatic carbocycles. The van der Waals surface area contributed by atoms with Gasteiger partial charge in [0.05, 0.1) is 17.1 Å². The van der Waals surface area contributed by atoms with Crippen LogP contribution in [0.5, 0.6) is 0 Å². The van der Waals surface area contributed by atoms with Crippen molar-refractivity contribution in [3.63, 3.8) is 0 Å². The predicted molar refractivity (Wildman–Crippen MR) is 105 cm³/mol. The van der Waals surface area contributed by atoms with E-state index in [0.717, 1.165) is 11.3 Å². The molecule has 1 aliphatic rings. The van der Waals surface area contributed by atoms with E-state index in [1.54, 1.807) is 25.1 Å². The van der Waals surface area contributed by atoms with Crippen LogP contribution in [0.15, 0.2) is 52.4 Å². The molecule has 1 amide bonds. The third kappa shape index (κ3) is 4.08. The monoisotopic (exact) mass is 389 g/mol. The predicted octanol–water partition coefficient (Wildman–Crippen LogP) is 2.94. The van der Waals surface area contributed by atoms with Gasteiger partial charge >= 0.3 is 0 Å². The summed E-state index contributed by atoms with van der Waals surface area (Å²) in [6, 6.07) is 11.6. The highest BCUT2D eigenvalue weighted by atomic mass is 32.2. The number of hydrogen-bond donors (Lipinski definition) is 2. The Morgan fingerprint density at radius 1 is 1.12 bits per heavy atom. The molecule has 0 bridgehead atoms. The highest BCUT2D eigenvalue weighted by Gasteiger charge is 2.20. The van der Waals surface area contributed by atoms with Gasteiger partial charge < -0.3 is 5.32 Å². The van der Waals surface area contributed by atoms with Gasteiger partial charge in [-0.1, -0.05) is 36.0 Å². The number of amides is 1. The van der Waals surface area contributed by atoms with Crippen LogP contribution >= 0.6 is 11.8 Å². The second-order valence-electron chi connectivity index (χ2n) is 5.89. The maximum absolute atomic E-state index is 12.7. The lowest BCUT2D eigenvalue weighted by molar-refractivity contribution is 0.0977. The Labute approximate surface area is 157 Å². The number of anilines is 1. The van der Waals surface area contributed by atoms with Gasteiger partial charge in [0.25, 0.3) is 15.9 Å². The molecule has 2 aromatic rings. The number of thioether (sulfide) groups is 1. The standard InChI is InChI=1S/C18H19N3O3S2/c1-12-7-8-14(11-15(12)17(22)20-18-19-9-10-25-18)26(23,24)21-16-6-4-3-5-13(16)2/h3-8,11,21H,9-10H2,1-2H3,(H,19,20,22). The lowest BCUT2D eigenvalue weighted by atomic mass is 10.1. The molecule has 8 heteroatoms. The van der Waals surface area contributed by atoms with Crippen molar-refractivity contribution < 1.29 is 13.2 Å². The zero-order chi connectivity index (χ0) is 18.7. The summed E-state index contributed by atoms with van der Waals surface area (Å²) in [6.07, 6.45) is 0. The molecule has 26 heavy (non-hydrogen) atoms. The second-order valence-corrected chi connectivity index (χ2v) is 8.65. The van der Waals surface area contributed by atoms with E-state index in [0.29, 0.717) is 28.5 Å². The first kappa shape index (κ1) is 18.5. The Kier molecular flexibility index (Phi) is 5.33. The van der Waals surface area contributed by atoms with E-state index >= 15 is 0 Å². The molecule has 0 spiro atoms. The number of benzene rings is 2. The molecule has 3 rings (SSSR count). The van der Waals surface area contributed by atoms with Crippen molar-refractivity contribution in [2.45, 2.75) is 18.7 Å². The molecule has 0 saturated carbocycles. The Hall–Kier alpha value is -2.32. The number of aliphatic imine (C=N–C) groups is 1. The Bertz CT molecular complexity index is 985. The molecular weight excluding hydrogens is 370 g/mol. The minimum Gasteiger partial charge on any atom is -0.301 e. The van der Waals surface area contributed by atoms with Crippen molar-refractivity contribution in [2.24, 2.45) is 4.99 Å². The molecule has 136 valence electrons. The number of para-hydroxylation sites is 1. The van der Waals surface area contributed by atoms with Crippen LogP contribution in [-0.4, -0.2) is 31.8 Å². The number of amidine groups is 1. The van der Waals surface area contributed by atoms with Crippen LogP contribution < -0.4 is 10.0 Å². The van der Waals surface area contributed by atoms with Gasteiger partial charge in [0.2, 0.25) is 0 Å². The molecule has 0 saturated heterocycles. The maximum Gasteiger partial charge on any atom is 0.261 e. The van der Waals surface area contributed by atoms with Crippen molar-refractivity contribution in [3.05, 3.63) is 59.2 Å². The van der Waals surface area contributed by atoms with Crippen LogP contribution in [0.25, 0.3) is 0 Å². The minimum atomic E-state index is -3.80. The van der Waals surface area contributed by atoms with E-state index in [-0.39, 0.29) is 10.8 Å². The van der Waals surface area contributed by atoms with Gasteiger partial charge in [0.15, 0.2) is 5.17 Å². The summed E-state index contributed by atoms with van der Waals surface area (Å²) >= 11 is 1.47. The van der Waals surface area contributed by atoms with Gasteiger partial charge in [-0.15, -0.1) is 0 Å². The first-order valence-electron chi connectivity index (χ1n) is 8.04. The fourth-order valence-corrected chi connectivity index (χ4v) is 4.36. The van der Waals surface area contributed by atoms with Crippen LogP contribution in [-0.2, 0) is 10.0 Å². The summed E-state index contributed by atoms with van der Waals surface area (Å²) in [5.41, 5.74) is 2.34. The van der Waals surface area contributed by atoms with Crippen LogP contribution in [0, 0.1) is 13.8 Å². The van der Waals surface area contributed by atoms with Gasteiger partial charge in [-0.3, -0.25) is 14.5 Å². The van der Waals surface area contributed by atoms with Crippen molar-refractivity contribution in [1.82, 2.24) is 5.32 Å². The first-order chi connectivity index (χ1) is 12.4. The molecule has 0 atom stereocenters. The topological polar surface area (TPSA) is 87.6 Å². The number of rotatable bonds is 4. The Balaban J connectivity index is 1.88. The molecule has 0 unspecified atom stereocenters. The number of aryl methyl sites for hydroxylation is 2. The average molecular weight is 390 g/mol. The molecule has 1 aliphatic heterocycles. The highest BCUT2D eigenvalue weighted by molar-refractivity contribution is 8.14. The number of hydrogen-bond acceptors (Lipinski definition) is 5. The third-order valence-corrected chi connectivity index (χ3v) is 6.21. The minimum absolute atomic E-state index is 0.0394. The SMILES string of the molecule is Cc1ccccc1NS(=O)(=O)c1ccc(C)c(C(=O)NC2=NCCS2)c1. The summed E-state index contributed by atoms with van der Waals surface area (Å²) in [5.74, 6) is 0.479. The van der Waals surface area contributed by atoms with E-state index < -0.39 is 10.0 Å². The van der Waals surface area contributed by atoms with E-state index in [2.05, 4.69) is 15.0 Å². The van der Waals surface area contributed by atoms with Gasteiger partial charge in [-0.2, -0.15) is 0 Å². The van der Waals surface area contributed by atoms with Crippen LogP contribution in [0.2, 0.25) is 0 Å². The summed E-state index contributed by atoms with van der Waals surface area (Å²) in [4.78, 5) is 16.7. The fraction of sp³-hybridized carbons (Fsp3) is 0.222. The van der Waals surface area contributed by atoms with Crippen LogP contribution in [0.3, 0.4) is 0 Å². The van der Waals surface area contributed by atoms with Gasteiger partial charge in [0.1, 0.15) is 0 Å². The zero-order valence-electron chi connectivity index (χ0n) is 14.4. The largest absolute Gasteiger partial charge is 0.301 e. The second kappa shape index (κ2) is 7.51. The van der Waals surface area contributed by atoms with Gasteiger partial charge in [-0.25, -0.2) is 8.42 Å². The first-order valence-corrected chi connectivity index (χ1v) is 10.5. The molecule has 1 heterocycles. The maximum atomic E-state index is 12.7.